The van der Waals surface area contributed by atoms with Gasteiger partial charge in [0.15, 0.2) is 5.78 Å². The Hall–Kier alpha value is -2.10. The molecule has 1 aromatic carbocycles. The molecule has 0 saturated heterocycles. The van der Waals surface area contributed by atoms with Gasteiger partial charge in [-0.25, -0.2) is 4.79 Å². The number of esters is 1. The van der Waals surface area contributed by atoms with Crippen LogP contribution in [0.15, 0.2) is 42.0 Å². The summed E-state index contributed by atoms with van der Waals surface area (Å²) in [6.07, 6.45) is 1.84. The molecule has 0 aliphatic heterocycles. The number of hydrogen-bond acceptors (Lipinski definition) is 8. The molecule has 5 rings (SSSR count). The average molecular weight is 585 g/mol. The van der Waals surface area contributed by atoms with E-state index in [9.17, 15) is 35.1 Å². The lowest BCUT2D eigenvalue weighted by molar-refractivity contribution is -0.177. The maximum absolute atomic E-state index is 13.5. The number of aliphatic hydroxyl groups excluding tert-OH is 2. The maximum Gasteiger partial charge on any atom is 0.338 e. The molecule has 42 heavy (non-hydrogen) atoms. The predicted molar refractivity (Wildman–Crippen MR) is 156 cm³/mol. The summed E-state index contributed by atoms with van der Waals surface area (Å²) in [6.45, 7) is 9.00. The fourth-order valence-electron chi connectivity index (χ4n) is 9.26. The monoisotopic (exact) mass is 584 g/mol. The number of hydrogen-bond donors (Lipinski definition) is 5. The van der Waals surface area contributed by atoms with Gasteiger partial charge in [0.25, 0.3) is 0 Å². The summed E-state index contributed by atoms with van der Waals surface area (Å²) in [7, 11) is 0. The molecule has 0 amide bonds. The molecule has 0 radical (unpaired) electrons. The van der Waals surface area contributed by atoms with Crippen molar-refractivity contribution in [3.05, 3.63) is 47.5 Å². The number of ether oxygens (including phenoxy) is 1. The minimum atomic E-state index is -1.54. The highest BCUT2D eigenvalue weighted by atomic mass is 16.6. The summed E-state index contributed by atoms with van der Waals surface area (Å²) in [5.41, 5.74) is -4.30. The van der Waals surface area contributed by atoms with Gasteiger partial charge in [-0.2, -0.15) is 0 Å². The van der Waals surface area contributed by atoms with Crippen LogP contribution >= 0.6 is 0 Å². The molecule has 3 saturated carbocycles. The molecule has 0 spiro atoms. The van der Waals surface area contributed by atoms with E-state index in [-0.39, 0.29) is 31.0 Å². The molecule has 3 fully saturated rings. The molecule has 4 aliphatic rings. The van der Waals surface area contributed by atoms with Crippen molar-refractivity contribution in [2.24, 2.45) is 28.6 Å². The predicted octanol–water partition coefficient (Wildman–Crippen LogP) is 3.72. The van der Waals surface area contributed by atoms with Gasteiger partial charge in [0.05, 0.1) is 29.0 Å². The average Bonchev–Trinajstić information content (AvgIpc) is 3.20. The largest absolute Gasteiger partial charge is 0.456 e. The number of carbonyl (C=O) groups is 2. The summed E-state index contributed by atoms with van der Waals surface area (Å²) >= 11 is 0. The molecule has 10 atom stereocenters. The Balaban J connectivity index is 1.48. The Kier molecular flexibility index (Phi) is 7.84. The van der Waals surface area contributed by atoms with E-state index in [0.29, 0.717) is 43.2 Å². The van der Waals surface area contributed by atoms with Crippen LogP contribution in [0.25, 0.3) is 0 Å². The van der Waals surface area contributed by atoms with Gasteiger partial charge in [0.1, 0.15) is 11.7 Å². The Labute approximate surface area is 248 Å². The first-order chi connectivity index (χ1) is 19.4. The van der Waals surface area contributed by atoms with Crippen LogP contribution < -0.4 is 0 Å². The minimum Gasteiger partial charge on any atom is -0.456 e. The van der Waals surface area contributed by atoms with Crippen LogP contribution in [0.2, 0.25) is 0 Å². The second kappa shape index (κ2) is 10.5. The van der Waals surface area contributed by atoms with Gasteiger partial charge < -0.3 is 30.3 Å². The molecule has 232 valence electrons. The fraction of sp³-hybridized carbons (Fsp3) is 0.706. The molecular formula is C34H48O8. The van der Waals surface area contributed by atoms with E-state index in [1.165, 1.54) is 0 Å². The number of benzene rings is 1. The van der Waals surface area contributed by atoms with Crippen molar-refractivity contribution in [1.82, 2.24) is 0 Å². The van der Waals surface area contributed by atoms with Crippen molar-refractivity contribution < 1.29 is 39.9 Å². The first-order valence-corrected chi connectivity index (χ1v) is 15.5. The molecule has 8 heteroatoms. The lowest BCUT2D eigenvalue weighted by Gasteiger charge is -2.60. The fourth-order valence-corrected chi connectivity index (χ4v) is 9.26. The van der Waals surface area contributed by atoms with Crippen LogP contribution in [0.4, 0.5) is 0 Å². The second-order valence-corrected chi connectivity index (χ2v) is 14.9. The van der Waals surface area contributed by atoms with Crippen LogP contribution in [-0.2, 0) is 9.53 Å². The normalized spacial score (nSPS) is 40.2. The summed E-state index contributed by atoms with van der Waals surface area (Å²) in [5, 5.41) is 56.3. The van der Waals surface area contributed by atoms with Crippen molar-refractivity contribution >= 4 is 11.8 Å². The molecular weight excluding hydrogens is 536 g/mol. The summed E-state index contributed by atoms with van der Waals surface area (Å²) in [4.78, 5) is 26.7. The zero-order valence-corrected chi connectivity index (χ0v) is 25.5. The molecule has 0 aromatic heterocycles. The Bertz CT molecular complexity index is 1230. The molecule has 1 aromatic rings. The van der Waals surface area contributed by atoms with Crippen LogP contribution in [-0.4, -0.2) is 72.4 Å². The zero-order chi connectivity index (χ0) is 30.9. The van der Waals surface area contributed by atoms with E-state index >= 15 is 0 Å². The van der Waals surface area contributed by atoms with E-state index in [4.69, 9.17) is 4.74 Å². The highest BCUT2D eigenvalue weighted by molar-refractivity contribution is 5.95. The first-order valence-electron chi connectivity index (χ1n) is 15.5. The molecule has 0 heterocycles. The van der Waals surface area contributed by atoms with Crippen molar-refractivity contribution in [2.45, 2.75) is 121 Å². The number of fused-ring (bicyclic) bond motifs is 5. The lowest BCUT2D eigenvalue weighted by atomic mass is 9.45. The summed E-state index contributed by atoms with van der Waals surface area (Å²) < 4.78 is 6.00. The third-order valence-corrected chi connectivity index (χ3v) is 11.8. The van der Waals surface area contributed by atoms with Gasteiger partial charge >= 0.3 is 5.97 Å². The van der Waals surface area contributed by atoms with Crippen LogP contribution in [0.5, 0.6) is 0 Å². The van der Waals surface area contributed by atoms with Crippen LogP contribution in [0.1, 0.15) is 96.3 Å². The van der Waals surface area contributed by atoms with Gasteiger partial charge in [0.2, 0.25) is 0 Å². The van der Waals surface area contributed by atoms with Gasteiger partial charge in [-0.05, 0) is 113 Å². The zero-order valence-electron chi connectivity index (χ0n) is 25.5. The summed E-state index contributed by atoms with van der Waals surface area (Å²) in [5.74, 6) is -1.70. The van der Waals surface area contributed by atoms with Gasteiger partial charge in [-0.1, -0.05) is 32.0 Å². The molecule has 0 bridgehead atoms. The van der Waals surface area contributed by atoms with Gasteiger partial charge in [-0.15, -0.1) is 0 Å². The lowest BCUT2D eigenvalue weighted by Crippen LogP contribution is -2.63. The molecule has 8 nitrogen and oxygen atoms in total. The highest BCUT2D eigenvalue weighted by Crippen LogP contribution is 2.68. The Morgan fingerprint density at radius 2 is 1.69 bits per heavy atom. The topological polar surface area (TPSA) is 145 Å². The molecule has 5 N–H and O–H groups in total. The minimum absolute atomic E-state index is 0.123. The van der Waals surface area contributed by atoms with E-state index in [1.54, 1.807) is 57.2 Å². The number of carbonyl (C=O) groups excluding carboxylic acids is 2. The number of allylic oxidation sites excluding steroid dienone is 1. The van der Waals surface area contributed by atoms with Crippen molar-refractivity contribution in [3.63, 3.8) is 0 Å². The van der Waals surface area contributed by atoms with Crippen molar-refractivity contribution in [2.75, 3.05) is 0 Å². The first kappa shape index (κ1) is 31.3. The second-order valence-electron chi connectivity index (χ2n) is 14.9. The van der Waals surface area contributed by atoms with Gasteiger partial charge in [0, 0.05) is 11.3 Å². The SMILES string of the molecule is CC(C)(O)CC[C@H](OC(=O)c1ccccc1)[C@](C)(O)[C@H]1CC[C@@]2(O)C3=CC(=O)[C@@H]4C[C@@H](O)[C@H](O)C[C@]4(C)[C@@H]3CC[C@]12C. The highest BCUT2D eigenvalue weighted by Gasteiger charge is 2.69. The van der Waals surface area contributed by atoms with Crippen molar-refractivity contribution in [1.29, 1.82) is 0 Å². The Morgan fingerprint density at radius 3 is 2.33 bits per heavy atom. The number of ketones is 1. The third-order valence-electron chi connectivity index (χ3n) is 11.8. The molecule has 0 unspecified atom stereocenters. The van der Waals surface area contributed by atoms with E-state index in [2.05, 4.69) is 0 Å². The van der Waals surface area contributed by atoms with Gasteiger partial charge in [-0.3, -0.25) is 4.79 Å². The van der Waals surface area contributed by atoms with Crippen LogP contribution in [0, 0.1) is 28.6 Å². The standard InChI is InChI=1S/C34H48O8/c1-30(2,39)14-13-28(42-29(38)20-9-7-6-8-10-20)33(5,40)27-12-16-34(41)22-17-24(35)23-18-25(36)26(37)19-31(23,3)21(22)11-15-32(27,34)4/h6-10,17,21,23,25-28,36-37,39-41H,11-16,18-19H2,1-5H3/t21-,23+,25-,26-,27+,28+,31-,32-,33-,34-/m1/s1. The number of rotatable bonds is 7. The molecule has 4 aliphatic carbocycles. The third kappa shape index (κ3) is 4.97. The summed E-state index contributed by atoms with van der Waals surface area (Å²) in [6, 6.07) is 8.60. The van der Waals surface area contributed by atoms with Crippen molar-refractivity contribution in [3.8, 4) is 0 Å². The van der Waals surface area contributed by atoms with E-state index in [0.717, 1.165) is 0 Å². The smallest absolute Gasteiger partial charge is 0.338 e. The van der Waals surface area contributed by atoms with E-state index < -0.39 is 63.8 Å². The maximum atomic E-state index is 13.5. The quantitative estimate of drug-likeness (QED) is 0.305. The Morgan fingerprint density at radius 1 is 1.02 bits per heavy atom. The van der Waals surface area contributed by atoms with Crippen LogP contribution in [0.3, 0.4) is 0 Å². The van der Waals surface area contributed by atoms with E-state index in [1.807, 2.05) is 13.8 Å². The number of aliphatic hydroxyl groups is 5.